The molecule has 0 saturated carbocycles. The van der Waals surface area contributed by atoms with Crippen LogP contribution in [0.15, 0.2) is 53.1 Å². The van der Waals surface area contributed by atoms with Gasteiger partial charge in [0.1, 0.15) is 11.6 Å². The number of ether oxygens (including phenoxy) is 1. The van der Waals surface area contributed by atoms with E-state index < -0.39 is 0 Å². The number of hydrogen-bond acceptors (Lipinski definition) is 6. The summed E-state index contributed by atoms with van der Waals surface area (Å²) >= 11 is 0. The lowest BCUT2D eigenvalue weighted by atomic mass is 10.1. The second-order valence-corrected chi connectivity index (χ2v) is 6.79. The molecule has 0 N–H and O–H groups in total. The maximum atomic E-state index is 12.9. The van der Waals surface area contributed by atoms with Gasteiger partial charge in [0.15, 0.2) is 6.61 Å². The van der Waals surface area contributed by atoms with Crippen molar-refractivity contribution in [2.45, 2.75) is 6.92 Å². The van der Waals surface area contributed by atoms with Crippen molar-refractivity contribution in [2.75, 3.05) is 37.7 Å². The van der Waals surface area contributed by atoms with Crippen LogP contribution in [0.4, 0.5) is 10.1 Å². The lowest BCUT2D eigenvalue weighted by molar-refractivity contribution is -0.133. The van der Waals surface area contributed by atoms with Crippen molar-refractivity contribution >= 4 is 11.6 Å². The zero-order chi connectivity index (χ0) is 20.2. The number of piperazine rings is 1. The molecule has 29 heavy (non-hydrogen) atoms. The summed E-state index contributed by atoms with van der Waals surface area (Å²) in [6.45, 7) is 4.43. The van der Waals surface area contributed by atoms with E-state index >= 15 is 0 Å². The fourth-order valence-electron chi connectivity index (χ4n) is 3.22. The van der Waals surface area contributed by atoms with Gasteiger partial charge in [-0.2, -0.15) is 4.98 Å². The highest BCUT2D eigenvalue weighted by molar-refractivity contribution is 5.78. The Balaban J connectivity index is 1.28. The molecule has 0 spiro atoms. The molecule has 0 radical (unpaired) electrons. The van der Waals surface area contributed by atoms with Crippen LogP contribution in [0.5, 0.6) is 5.75 Å². The second kappa shape index (κ2) is 8.30. The molecule has 1 amide bonds. The number of nitrogens with zero attached hydrogens (tertiary/aromatic N) is 4. The largest absolute Gasteiger partial charge is 0.484 e. The Morgan fingerprint density at radius 1 is 1.07 bits per heavy atom. The molecule has 1 aromatic heterocycles. The first-order valence-corrected chi connectivity index (χ1v) is 9.40. The topological polar surface area (TPSA) is 71.7 Å². The number of anilines is 1. The maximum Gasteiger partial charge on any atom is 0.260 e. The number of carbonyl (C=O) groups excluding carboxylic acids is 1. The van der Waals surface area contributed by atoms with Crippen molar-refractivity contribution in [1.82, 2.24) is 15.0 Å². The van der Waals surface area contributed by atoms with Crippen molar-refractivity contribution in [1.29, 1.82) is 0 Å². The van der Waals surface area contributed by atoms with Gasteiger partial charge >= 0.3 is 0 Å². The molecule has 0 atom stereocenters. The molecule has 150 valence electrons. The summed E-state index contributed by atoms with van der Waals surface area (Å²) < 4.78 is 23.4. The Morgan fingerprint density at radius 3 is 2.38 bits per heavy atom. The van der Waals surface area contributed by atoms with E-state index in [1.807, 2.05) is 24.3 Å². The molecular formula is C21H21FN4O3. The van der Waals surface area contributed by atoms with Crippen LogP contribution < -0.4 is 9.64 Å². The van der Waals surface area contributed by atoms with Gasteiger partial charge in [0.05, 0.1) is 0 Å². The molecule has 0 aliphatic carbocycles. The number of halogens is 1. The summed E-state index contributed by atoms with van der Waals surface area (Å²) in [7, 11) is 0. The van der Waals surface area contributed by atoms with Gasteiger partial charge < -0.3 is 19.1 Å². The van der Waals surface area contributed by atoms with Crippen LogP contribution in [0.3, 0.4) is 0 Å². The summed E-state index contributed by atoms with van der Waals surface area (Å²) in [5.41, 5.74) is 1.99. The number of hydrogen-bond donors (Lipinski definition) is 0. The molecule has 1 aliphatic rings. The van der Waals surface area contributed by atoms with Gasteiger partial charge in [-0.1, -0.05) is 5.16 Å². The SMILES string of the molecule is Cc1nc(-c2ccc(N3CCN(C(=O)COc4ccc(F)cc4)CC3)cc2)no1. The predicted molar refractivity (Wildman–Crippen MR) is 105 cm³/mol. The van der Waals surface area contributed by atoms with Crippen molar-refractivity contribution in [3.8, 4) is 17.1 Å². The third kappa shape index (κ3) is 4.53. The van der Waals surface area contributed by atoms with E-state index in [1.165, 1.54) is 24.3 Å². The number of benzene rings is 2. The van der Waals surface area contributed by atoms with E-state index in [-0.39, 0.29) is 18.3 Å². The van der Waals surface area contributed by atoms with Crippen LogP contribution in [-0.2, 0) is 4.79 Å². The van der Waals surface area contributed by atoms with Crippen LogP contribution in [0, 0.1) is 12.7 Å². The summed E-state index contributed by atoms with van der Waals surface area (Å²) in [5.74, 6) is 1.19. The summed E-state index contributed by atoms with van der Waals surface area (Å²) in [5, 5.41) is 3.93. The number of carbonyl (C=O) groups is 1. The van der Waals surface area contributed by atoms with Gasteiger partial charge in [0.25, 0.3) is 5.91 Å². The van der Waals surface area contributed by atoms with Crippen molar-refractivity contribution in [2.24, 2.45) is 0 Å². The minimum atomic E-state index is -0.333. The maximum absolute atomic E-state index is 12.9. The standard InChI is InChI=1S/C21H21FN4O3/c1-15-23-21(24-29-15)16-2-6-18(7-3-16)25-10-12-26(13-11-25)20(27)14-28-19-8-4-17(22)5-9-19/h2-9H,10-14H2,1H3. The van der Waals surface area contributed by atoms with E-state index in [2.05, 4.69) is 15.0 Å². The molecule has 1 fully saturated rings. The number of rotatable bonds is 5. The Hall–Kier alpha value is -3.42. The second-order valence-electron chi connectivity index (χ2n) is 6.79. The first-order valence-electron chi connectivity index (χ1n) is 9.40. The Morgan fingerprint density at radius 2 is 1.76 bits per heavy atom. The molecule has 8 heteroatoms. The molecule has 0 bridgehead atoms. The average Bonchev–Trinajstić information content (AvgIpc) is 3.20. The Bertz CT molecular complexity index is 964. The van der Waals surface area contributed by atoms with Gasteiger partial charge in [-0.05, 0) is 48.5 Å². The summed E-state index contributed by atoms with van der Waals surface area (Å²) in [6.07, 6.45) is 0. The predicted octanol–water partition coefficient (Wildman–Crippen LogP) is 2.91. The van der Waals surface area contributed by atoms with E-state index in [1.54, 1.807) is 11.8 Å². The quantitative estimate of drug-likeness (QED) is 0.660. The molecule has 2 heterocycles. The van der Waals surface area contributed by atoms with Gasteiger partial charge in [-0.3, -0.25) is 4.79 Å². The normalized spacial score (nSPS) is 14.1. The van der Waals surface area contributed by atoms with Crippen LogP contribution in [0.25, 0.3) is 11.4 Å². The van der Waals surface area contributed by atoms with Crippen LogP contribution in [0.2, 0.25) is 0 Å². The minimum Gasteiger partial charge on any atom is -0.484 e. The van der Waals surface area contributed by atoms with Crippen LogP contribution in [0.1, 0.15) is 5.89 Å². The van der Waals surface area contributed by atoms with Crippen LogP contribution >= 0.6 is 0 Å². The van der Waals surface area contributed by atoms with Crippen molar-refractivity contribution < 1.29 is 18.4 Å². The molecule has 1 saturated heterocycles. The number of aryl methyl sites for hydroxylation is 1. The molecule has 7 nitrogen and oxygen atoms in total. The molecule has 0 unspecified atom stereocenters. The highest BCUT2D eigenvalue weighted by Crippen LogP contribution is 2.22. The highest BCUT2D eigenvalue weighted by atomic mass is 19.1. The summed E-state index contributed by atoms with van der Waals surface area (Å²) in [4.78, 5) is 20.6. The van der Waals surface area contributed by atoms with E-state index in [0.29, 0.717) is 30.6 Å². The third-order valence-electron chi connectivity index (χ3n) is 4.83. The number of aromatic nitrogens is 2. The average molecular weight is 396 g/mol. The van der Waals surface area contributed by atoms with Gasteiger partial charge in [-0.15, -0.1) is 0 Å². The van der Waals surface area contributed by atoms with Gasteiger partial charge in [0, 0.05) is 44.4 Å². The molecular weight excluding hydrogens is 375 g/mol. The monoisotopic (exact) mass is 396 g/mol. The first kappa shape index (κ1) is 18.9. The zero-order valence-corrected chi connectivity index (χ0v) is 16.0. The first-order chi connectivity index (χ1) is 14.1. The minimum absolute atomic E-state index is 0.0511. The van der Waals surface area contributed by atoms with E-state index in [9.17, 15) is 9.18 Å². The van der Waals surface area contributed by atoms with Crippen molar-refractivity contribution in [3.05, 3.63) is 60.2 Å². The van der Waals surface area contributed by atoms with E-state index in [0.717, 1.165) is 24.3 Å². The van der Waals surface area contributed by atoms with Gasteiger partial charge in [0.2, 0.25) is 11.7 Å². The van der Waals surface area contributed by atoms with Crippen molar-refractivity contribution in [3.63, 3.8) is 0 Å². The molecule has 3 aromatic rings. The zero-order valence-electron chi connectivity index (χ0n) is 16.0. The summed E-state index contributed by atoms with van der Waals surface area (Å²) in [6, 6.07) is 13.6. The Kier molecular flexibility index (Phi) is 5.41. The third-order valence-corrected chi connectivity index (χ3v) is 4.83. The smallest absolute Gasteiger partial charge is 0.260 e. The Labute approximate surface area is 167 Å². The fraction of sp³-hybridized carbons (Fsp3) is 0.286. The molecule has 2 aromatic carbocycles. The fourth-order valence-corrected chi connectivity index (χ4v) is 3.22. The number of amides is 1. The van der Waals surface area contributed by atoms with Gasteiger partial charge in [-0.25, -0.2) is 4.39 Å². The molecule has 4 rings (SSSR count). The van der Waals surface area contributed by atoms with Crippen LogP contribution in [-0.4, -0.2) is 53.7 Å². The highest BCUT2D eigenvalue weighted by Gasteiger charge is 2.21. The lowest BCUT2D eigenvalue weighted by Crippen LogP contribution is -2.50. The van der Waals surface area contributed by atoms with E-state index in [4.69, 9.17) is 9.26 Å². The molecule has 1 aliphatic heterocycles. The lowest BCUT2D eigenvalue weighted by Gasteiger charge is -2.36.